The fourth-order valence-electron chi connectivity index (χ4n) is 2.67. The fraction of sp³-hybridized carbons (Fsp3) is 0.300. The Bertz CT molecular complexity index is 855. The highest BCUT2D eigenvalue weighted by molar-refractivity contribution is 6.32. The second kappa shape index (κ2) is 9.69. The summed E-state index contributed by atoms with van der Waals surface area (Å²) in [6.45, 7) is 2.52. The molecule has 0 fully saturated rings. The molecule has 0 bridgehead atoms. The minimum Gasteiger partial charge on any atom is -0.493 e. The van der Waals surface area contributed by atoms with E-state index in [2.05, 4.69) is 0 Å². The molecule has 0 saturated heterocycles. The summed E-state index contributed by atoms with van der Waals surface area (Å²) in [5.74, 6) is 0.355. The lowest BCUT2D eigenvalue weighted by molar-refractivity contribution is -0.136. The molecular formula is C20H22BNO6. The summed E-state index contributed by atoms with van der Waals surface area (Å²) in [4.78, 5) is 24.4. The van der Waals surface area contributed by atoms with E-state index in [1.165, 1.54) is 19.1 Å². The standard InChI is InChI=1S/C20H22BNO6/c1-4-22(20(25)27-3)12-14-11-15(21)6-8-16(14)28-18-9-13(10-19(23)24)5-7-17(18)26-2/h5-9,11H,4,10,12H2,1-3H3,(H,23,24). The smallest absolute Gasteiger partial charge is 0.409 e. The molecule has 1 amide bonds. The van der Waals surface area contributed by atoms with Gasteiger partial charge >= 0.3 is 12.1 Å². The van der Waals surface area contributed by atoms with Crippen LogP contribution in [0.25, 0.3) is 0 Å². The Labute approximate surface area is 165 Å². The van der Waals surface area contributed by atoms with Gasteiger partial charge < -0.3 is 24.2 Å². The van der Waals surface area contributed by atoms with Crippen LogP contribution in [0.5, 0.6) is 17.2 Å². The minimum atomic E-state index is -0.944. The van der Waals surface area contributed by atoms with Crippen LogP contribution in [0.2, 0.25) is 0 Å². The van der Waals surface area contributed by atoms with Gasteiger partial charge in [0, 0.05) is 12.1 Å². The van der Waals surface area contributed by atoms with Crippen LogP contribution in [-0.4, -0.2) is 50.7 Å². The molecule has 7 nitrogen and oxygen atoms in total. The van der Waals surface area contributed by atoms with Crippen LogP contribution >= 0.6 is 0 Å². The van der Waals surface area contributed by atoms with Gasteiger partial charge in [-0.1, -0.05) is 23.7 Å². The van der Waals surface area contributed by atoms with Crippen molar-refractivity contribution < 1.29 is 28.9 Å². The largest absolute Gasteiger partial charge is 0.493 e. The van der Waals surface area contributed by atoms with E-state index in [1.54, 1.807) is 36.4 Å². The van der Waals surface area contributed by atoms with E-state index in [0.29, 0.717) is 40.4 Å². The lowest BCUT2D eigenvalue weighted by Crippen LogP contribution is -2.30. The van der Waals surface area contributed by atoms with Crippen molar-refractivity contribution in [2.24, 2.45) is 0 Å². The molecule has 2 aromatic carbocycles. The molecule has 0 atom stereocenters. The molecule has 0 spiro atoms. The van der Waals surface area contributed by atoms with Crippen LogP contribution < -0.4 is 14.9 Å². The third-order valence-electron chi connectivity index (χ3n) is 4.06. The number of carboxylic acids is 1. The van der Waals surface area contributed by atoms with Crippen LogP contribution in [0.4, 0.5) is 4.79 Å². The predicted octanol–water partition coefficient (Wildman–Crippen LogP) is 2.50. The number of carboxylic acid groups (broad SMARTS) is 1. The molecule has 8 heteroatoms. The Balaban J connectivity index is 2.38. The third kappa shape index (κ3) is 5.42. The first-order valence-corrected chi connectivity index (χ1v) is 8.65. The maximum Gasteiger partial charge on any atom is 0.409 e. The molecule has 0 heterocycles. The molecule has 0 aliphatic rings. The Morgan fingerprint density at radius 1 is 1.07 bits per heavy atom. The monoisotopic (exact) mass is 383 g/mol. The van der Waals surface area contributed by atoms with Crippen molar-refractivity contribution in [3.8, 4) is 17.2 Å². The van der Waals surface area contributed by atoms with Gasteiger partial charge in [0.05, 0.1) is 27.2 Å². The molecular weight excluding hydrogens is 361 g/mol. The van der Waals surface area contributed by atoms with Crippen molar-refractivity contribution in [1.82, 2.24) is 4.90 Å². The van der Waals surface area contributed by atoms with Crippen molar-refractivity contribution in [2.45, 2.75) is 19.9 Å². The number of nitrogens with zero attached hydrogens (tertiary/aromatic N) is 1. The van der Waals surface area contributed by atoms with Crippen molar-refractivity contribution in [1.29, 1.82) is 0 Å². The molecule has 146 valence electrons. The fourth-order valence-corrected chi connectivity index (χ4v) is 2.67. The van der Waals surface area contributed by atoms with E-state index in [1.807, 2.05) is 6.92 Å². The van der Waals surface area contributed by atoms with Gasteiger partial charge in [-0.2, -0.15) is 0 Å². The summed E-state index contributed by atoms with van der Waals surface area (Å²) in [6.07, 6.45) is -0.599. The zero-order valence-electron chi connectivity index (χ0n) is 16.1. The first-order valence-electron chi connectivity index (χ1n) is 8.65. The van der Waals surface area contributed by atoms with E-state index in [4.69, 9.17) is 27.2 Å². The number of aliphatic carboxylic acids is 1. The Morgan fingerprint density at radius 3 is 2.39 bits per heavy atom. The minimum absolute atomic E-state index is 0.138. The van der Waals surface area contributed by atoms with Gasteiger partial charge in [-0.25, -0.2) is 4.79 Å². The lowest BCUT2D eigenvalue weighted by Gasteiger charge is -2.22. The van der Waals surface area contributed by atoms with Crippen LogP contribution in [0, 0.1) is 0 Å². The Kier molecular flexibility index (Phi) is 7.32. The van der Waals surface area contributed by atoms with E-state index >= 15 is 0 Å². The normalized spacial score (nSPS) is 10.2. The molecule has 2 radical (unpaired) electrons. The molecule has 0 aromatic heterocycles. The number of hydrogen-bond donors (Lipinski definition) is 1. The Morgan fingerprint density at radius 2 is 1.79 bits per heavy atom. The molecule has 0 aliphatic carbocycles. The number of methoxy groups -OCH3 is 2. The predicted molar refractivity (Wildman–Crippen MR) is 105 cm³/mol. The average molecular weight is 383 g/mol. The number of ether oxygens (including phenoxy) is 3. The van der Waals surface area contributed by atoms with Gasteiger partial charge in [-0.05, 0) is 30.7 Å². The van der Waals surface area contributed by atoms with E-state index in [-0.39, 0.29) is 13.0 Å². The maximum atomic E-state index is 11.9. The number of hydrogen-bond acceptors (Lipinski definition) is 5. The molecule has 1 N–H and O–H groups in total. The van der Waals surface area contributed by atoms with Gasteiger partial charge in [0.25, 0.3) is 0 Å². The summed E-state index contributed by atoms with van der Waals surface area (Å²) >= 11 is 0. The highest BCUT2D eigenvalue weighted by atomic mass is 16.5. The summed E-state index contributed by atoms with van der Waals surface area (Å²) in [5, 5.41) is 9.02. The number of benzene rings is 2. The lowest BCUT2D eigenvalue weighted by atomic mass is 9.94. The number of rotatable bonds is 8. The van der Waals surface area contributed by atoms with Crippen molar-refractivity contribution >= 4 is 25.4 Å². The first kappa shape index (κ1) is 21.1. The molecule has 28 heavy (non-hydrogen) atoms. The van der Waals surface area contributed by atoms with E-state index in [9.17, 15) is 9.59 Å². The van der Waals surface area contributed by atoms with Gasteiger partial charge in [0.1, 0.15) is 13.6 Å². The molecule has 0 aliphatic heterocycles. The average Bonchev–Trinajstić information content (AvgIpc) is 2.67. The highest BCUT2D eigenvalue weighted by Crippen LogP contribution is 2.34. The summed E-state index contributed by atoms with van der Waals surface area (Å²) < 4.78 is 16.1. The van der Waals surface area contributed by atoms with Crippen molar-refractivity contribution in [3.05, 3.63) is 47.5 Å². The van der Waals surface area contributed by atoms with Crippen molar-refractivity contribution in [3.63, 3.8) is 0 Å². The van der Waals surface area contributed by atoms with Crippen molar-refractivity contribution in [2.75, 3.05) is 20.8 Å². The van der Waals surface area contributed by atoms with E-state index in [0.717, 1.165) is 0 Å². The van der Waals surface area contributed by atoms with Gasteiger partial charge in [0.15, 0.2) is 11.5 Å². The Hall–Kier alpha value is -3.16. The van der Waals surface area contributed by atoms with E-state index < -0.39 is 12.1 Å². The molecule has 2 aromatic rings. The highest BCUT2D eigenvalue weighted by Gasteiger charge is 2.17. The molecule has 2 rings (SSSR count). The summed E-state index contributed by atoms with van der Waals surface area (Å²) in [5.41, 5.74) is 1.78. The quantitative estimate of drug-likeness (QED) is 0.705. The maximum absolute atomic E-state index is 11.9. The summed E-state index contributed by atoms with van der Waals surface area (Å²) in [6, 6.07) is 10.0. The second-order valence-corrected chi connectivity index (χ2v) is 6.01. The zero-order chi connectivity index (χ0) is 20.7. The second-order valence-electron chi connectivity index (χ2n) is 6.01. The number of amides is 1. The third-order valence-corrected chi connectivity index (χ3v) is 4.06. The SMILES string of the molecule is [B]c1ccc(Oc2cc(CC(=O)O)ccc2OC)c(CN(CC)C(=O)OC)c1. The zero-order valence-corrected chi connectivity index (χ0v) is 16.1. The first-order chi connectivity index (χ1) is 13.4. The van der Waals surface area contributed by atoms with Crippen LogP contribution in [0.3, 0.4) is 0 Å². The number of carbonyl (C=O) groups is 2. The topological polar surface area (TPSA) is 85.3 Å². The van der Waals surface area contributed by atoms with Gasteiger partial charge in [0.2, 0.25) is 0 Å². The van der Waals surface area contributed by atoms with Crippen LogP contribution in [0.1, 0.15) is 18.1 Å². The van der Waals surface area contributed by atoms with Gasteiger partial charge in [-0.15, -0.1) is 0 Å². The molecule has 0 unspecified atom stereocenters. The van der Waals surface area contributed by atoms with Gasteiger partial charge in [-0.3, -0.25) is 4.79 Å². The molecule has 0 saturated carbocycles. The summed E-state index contributed by atoms with van der Waals surface area (Å²) in [7, 11) is 8.72. The number of carbonyl (C=O) groups excluding carboxylic acids is 1. The van der Waals surface area contributed by atoms with Crippen LogP contribution in [-0.2, 0) is 22.5 Å². The van der Waals surface area contributed by atoms with Crippen LogP contribution in [0.15, 0.2) is 36.4 Å².